The molecule has 30 heavy (non-hydrogen) atoms. The Morgan fingerprint density at radius 2 is 1.73 bits per heavy atom. The summed E-state index contributed by atoms with van der Waals surface area (Å²) in [5.41, 5.74) is 5.31. The quantitative estimate of drug-likeness (QED) is 0.161. The zero-order chi connectivity index (χ0) is 22.3. The van der Waals surface area contributed by atoms with E-state index in [-0.39, 0.29) is 27.7 Å². The third kappa shape index (κ3) is 4.13. The first-order valence-corrected chi connectivity index (χ1v) is 11.5. The van der Waals surface area contributed by atoms with E-state index in [4.69, 9.17) is 10.9 Å². The van der Waals surface area contributed by atoms with Crippen LogP contribution in [-0.2, 0) is 14.6 Å². The second-order valence-corrected chi connectivity index (χ2v) is 9.61. The van der Waals surface area contributed by atoms with Crippen LogP contribution in [0, 0.1) is 10.1 Å². The normalized spacial score (nSPS) is 13.2. The van der Waals surface area contributed by atoms with E-state index in [2.05, 4.69) is 5.32 Å². The summed E-state index contributed by atoms with van der Waals surface area (Å²) in [6.07, 6.45) is 0. The number of hydrogen-bond donors (Lipinski definition) is 5. The summed E-state index contributed by atoms with van der Waals surface area (Å²) in [6.45, 7) is 0. The van der Waals surface area contributed by atoms with Gasteiger partial charge in [-0.1, -0.05) is 42.5 Å². The number of nitrogens with two attached hydrogens (primary N) is 2. The van der Waals surface area contributed by atoms with Gasteiger partial charge in [0, 0.05) is 11.5 Å². The molecule has 0 heterocycles. The molecule has 1 atom stereocenters. The Morgan fingerprint density at radius 3 is 2.27 bits per heavy atom. The first kappa shape index (κ1) is 21.7. The standard InChI is InChI=1S/C17H17N4O7PS/c18-12-9-13(21(22)23)15-11(7-4-8-14(15)30(19,27)28)16(12)20-17(29(24,25)26)10-5-2-1-3-6-10/h1-9,17,20H,18H2,(H2,19,27,28)(H2,24,25,26). The zero-order valence-electron chi connectivity index (χ0n) is 15.2. The number of rotatable bonds is 6. The number of nitrogens with one attached hydrogen (secondary N) is 1. The molecule has 1 unspecified atom stereocenters. The molecule has 0 amide bonds. The maximum absolute atomic E-state index is 12.2. The molecular formula is C17H17N4O7PS. The van der Waals surface area contributed by atoms with Crippen molar-refractivity contribution in [3.8, 4) is 0 Å². The van der Waals surface area contributed by atoms with Gasteiger partial charge in [0.2, 0.25) is 10.0 Å². The number of hydrogen-bond acceptors (Lipinski definition) is 7. The Kier molecular flexibility index (Phi) is 5.54. The topological polar surface area (TPSA) is 199 Å². The summed E-state index contributed by atoms with van der Waals surface area (Å²) >= 11 is 0. The van der Waals surface area contributed by atoms with Crippen LogP contribution in [-0.4, -0.2) is 23.1 Å². The lowest BCUT2D eigenvalue weighted by molar-refractivity contribution is -0.383. The number of sulfonamides is 1. The first-order chi connectivity index (χ1) is 13.9. The molecule has 0 spiro atoms. The average molecular weight is 452 g/mol. The van der Waals surface area contributed by atoms with Gasteiger partial charge in [-0.3, -0.25) is 14.7 Å². The number of non-ortho nitro benzene ring substituents is 1. The largest absolute Gasteiger partial charge is 0.397 e. The second-order valence-electron chi connectivity index (χ2n) is 6.39. The minimum Gasteiger partial charge on any atom is -0.397 e. The van der Waals surface area contributed by atoms with E-state index in [1.165, 1.54) is 24.3 Å². The summed E-state index contributed by atoms with van der Waals surface area (Å²) < 4.78 is 36.2. The molecule has 13 heteroatoms. The second kappa shape index (κ2) is 7.67. The number of fused-ring (bicyclic) bond motifs is 1. The Bertz CT molecular complexity index is 1290. The van der Waals surface area contributed by atoms with Crippen LogP contribution >= 0.6 is 7.60 Å². The fourth-order valence-corrected chi connectivity index (χ4v) is 4.75. The molecule has 0 bridgehead atoms. The fourth-order valence-electron chi connectivity index (χ4n) is 3.13. The van der Waals surface area contributed by atoms with Gasteiger partial charge in [-0.25, -0.2) is 13.6 Å². The Morgan fingerprint density at radius 1 is 1.10 bits per heavy atom. The number of primary sulfonamides is 1. The molecule has 3 rings (SSSR count). The van der Waals surface area contributed by atoms with Gasteiger partial charge in [0.15, 0.2) is 5.78 Å². The molecule has 11 nitrogen and oxygen atoms in total. The lowest BCUT2D eigenvalue weighted by Gasteiger charge is -2.23. The van der Waals surface area contributed by atoms with Gasteiger partial charge in [-0.2, -0.15) is 0 Å². The van der Waals surface area contributed by atoms with Crippen LogP contribution in [0.1, 0.15) is 11.3 Å². The van der Waals surface area contributed by atoms with Crippen LogP contribution in [0.25, 0.3) is 10.8 Å². The molecule has 0 aliphatic heterocycles. The van der Waals surface area contributed by atoms with Crippen LogP contribution in [0.3, 0.4) is 0 Å². The number of anilines is 2. The molecule has 0 saturated heterocycles. The molecule has 3 aromatic carbocycles. The number of nitrogens with zero attached hydrogens (tertiary/aromatic N) is 1. The van der Waals surface area contributed by atoms with Gasteiger partial charge in [-0.15, -0.1) is 0 Å². The molecule has 0 aliphatic carbocycles. The van der Waals surface area contributed by atoms with E-state index >= 15 is 0 Å². The summed E-state index contributed by atoms with van der Waals surface area (Å²) in [5.74, 6) is -1.54. The predicted molar refractivity (Wildman–Crippen MR) is 111 cm³/mol. The maximum Gasteiger partial charge on any atom is 0.352 e. The first-order valence-electron chi connectivity index (χ1n) is 8.30. The highest BCUT2D eigenvalue weighted by Crippen LogP contribution is 2.53. The minimum absolute atomic E-state index is 0.0254. The van der Waals surface area contributed by atoms with E-state index in [0.29, 0.717) is 0 Å². The maximum atomic E-state index is 12.2. The summed E-state index contributed by atoms with van der Waals surface area (Å²) in [6, 6.07) is 12.4. The monoisotopic (exact) mass is 452 g/mol. The van der Waals surface area contributed by atoms with E-state index in [1.807, 2.05) is 0 Å². The van der Waals surface area contributed by atoms with Crippen molar-refractivity contribution in [3.63, 3.8) is 0 Å². The number of nitrogen functional groups attached to an aromatic ring is 1. The van der Waals surface area contributed by atoms with Gasteiger partial charge >= 0.3 is 7.60 Å². The summed E-state index contributed by atoms with van der Waals surface area (Å²) in [4.78, 5) is 29.9. The smallest absolute Gasteiger partial charge is 0.352 e. The van der Waals surface area contributed by atoms with Crippen molar-refractivity contribution in [2.24, 2.45) is 5.14 Å². The van der Waals surface area contributed by atoms with Crippen LogP contribution < -0.4 is 16.2 Å². The van der Waals surface area contributed by atoms with Crippen molar-refractivity contribution in [2.75, 3.05) is 11.1 Å². The highest BCUT2D eigenvalue weighted by molar-refractivity contribution is 7.89. The lowest BCUT2D eigenvalue weighted by atomic mass is 10.0. The molecule has 0 saturated carbocycles. The van der Waals surface area contributed by atoms with E-state index in [1.54, 1.807) is 18.2 Å². The molecular weight excluding hydrogens is 435 g/mol. The Labute approximate surface area is 170 Å². The average Bonchev–Trinajstić information content (AvgIpc) is 2.65. The predicted octanol–water partition coefficient (Wildman–Crippen LogP) is 2.27. The molecule has 158 valence electrons. The highest BCUT2D eigenvalue weighted by Gasteiger charge is 2.33. The fraction of sp³-hybridized carbons (Fsp3) is 0.0588. The van der Waals surface area contributed by atoms with Crippen molar-refractivity contribution >= 4 is 45.5 Å². The van der Waals surface area contributed by atoms with E-state index < -0.39 is 38.9 Å². The molecule has 0 aromatic heterocycles. The highest BCUT2D eigenvalue weighted by atomic mass is 32.2. The summed E-state index contributed by atoms with van der Waals surface area (Å²) in [5, 5.41) is 19.0. The van der Waals surface area contributed by atoms with Gasteiger partial charge in [0.1, 0.15) is 0 Å². The van der Waals surface area contributed by atoms with Crippen LogP contribution in [0.4, 0.5) is 17.1 Å². The van der Waals surface area contributed by atoms with Gasteiger partial charge in [0.25, 0.3) is 5.69 Å². The third-order valence-corrected chi connectivity index (χ3v) is 6.42. The minimum atomic E-state index is -4.78. The van der Waals surface area contributed by atoms with Crippen molar-refractivity contribution in [2.45, 2.75) is 10.7 Å². The van der Waals surface area contributed by atoms with Crippen molar-refractivity contribution in [3.05, 3.63) is 70.3 Å². The van der Waals surface area contributed by atoms with Crippen molar-refractivity contribution < 1.29 is 27.7 Å². The van der Waals surface area contributed by atoms with Crippen LogP contribution in [0.2, 0.25) is 0 Å². The molecule has 7 N–H and O–H groups in total. The Hall–Kier alpha value is -3.02. The van der Waals surface area contributed by atoms with Crippen LogP contribution in [0.15, 0.2) is 59.5 Å². The van der Waals surface area contributed by atoms with Gasteiger partial charge < -0.3 is 20.8 Å². The van der Waals surface area contributed by atoms with Gasteiger partial charge in [0.05, 0.1) is 26.6 Å². The Balaban J connectivity index is 2.34. The lowest BCUT2D eigenvalue weighted by Crippen LogP contribution is -2.15. The number of benzene rings is 3. The molecule has 0 radical (unpaired) electrons. The summed E-state index contributed by atoms with van der Waals surface area (Å²) in [7, 11) is -9.13. The zero-order valence-corrected chi connectivity index (χ0v) is 16.9. The van der Waals surface area contributed by atoms with E-state index in [0.717, 1.165) is 12.1 Å². The SMILES string of the molecule is Nc1cc([N+](=O)[O-])c2c(S(N)(=O)=O)cccc2c1NC(c1ccccc1)P(=O)(O)O. The van der Waals surface area contributed by atoms with E-state index in [9.17, 15) is 32.9 Å². The van der Waals surface area contributed by atoms with Gasteiger partial charge in [-0.05, 0) is 11.6 Å². The molecule has 3 aromatic rings. The molecule has 0 aliphatic rings. The number of nitro groups is 1. The van der Waals surface area contributed by atoms with Crippen LogP contribution in [0.5, 0.6) is 0 Å². The third-order valence-electron chi connectivity index (χ3n) is 4.37. The number of nitro benzene ring substituents is 1. The molecule has 0 fully saturated rings. The van der Waals surface area contributed by atoms with Crippen molar-refractivity contribution in [1.82, 2.24) is 0 Å². The van der Waals surface area contributed by atoms with Crippen molar-refractivity contribution in [1.29, 1.82) is 0 Å².